The smallest absolute Gasteiger partial charge is 0.243 e. The molecule has 1 saturated heterocycles. The number of nitrogens with zero attached hydrogens (tertiary/aromatic N) is 3. The summed E-state index contributed by atoms with van der Waals surface area (Å²) in [7, 11) is 0. The van der Waals surface area contributed by atoms with Gasteiger partial charge in [0.1, 0.15) is 6.54 Å². The van der Waals surface area contributed by atoms with Gasteiger partial charge in [-0.2, -0.15) is 0 Å². The van der Waals surface area contributed by atoms with Gasteiger partial charge >= 0.3 is 0 Å². The molecule has 3 heterocycles. The van der Waals surface area contributed by atoms with Crippen LogP contribution in [-0.2, 0) is 11.3 Å². The minimum Gasteiger partial charge on any atom is -0.338 e. The SMILES string of the molecule is O=C(Cn1ccc2ccc(Br)cc21)N1CCCCC1c1cccnc1. The van der Waals surface area contributed by atoms with Crippen molar-refractivity contribution in [2.75, 3.05) is 6.54 Å². The molecular weight excluding hydrogens is 378 g/mol. The number of pyridine rings is 1. The van der Waals surface area contributed by atoms with Crippen LogP contribution in [0, 0.1) is 0 Å². The number of benzene rings is 1. The molecule has 1 aromatic carbocycles. The third kappa shape index (κ3) is 3.33. The lowest BCUT2D eigenvalue weighted by Gasteiger charge is -2.36. The number of likely N-dealkylation sites (tertiary alicyclic amines) is 1. The van der Waals surface area contributed by atoms with E-state index in [1.54, 1.807) is 6.20 Å². The number of halogens is 1. The van der Waals surface area contributed by atoms with E-state index in [4.69, 9.17) is 0 Å². The zero-order valence-electron chi connectivity index (χ0n) is 13.9. The molecule has 25 heavy (non-hydrogen) atoms. The van der Waals surface area contributed by atoms with Crippen LogP contribution in [0.1, 0.15) is 30.9 Å². The van der Waals surface area contributed by atoms with Crippen molar-refractivity contribution in [3.8, 4) is 0 Å². The van der Waals surface area contributed by atoms with Crippen LogP contribution in [-0.4, -0.2) is 26.9 Å². The molecule has 0 N–H and O–H groups in total. The van der Waals surface area contributed by atoms with Gasteiger partial charge in [-0.15, -0.1) is 0 Å². The predicted molar refractivity (Wildman–Crippen MR) is 102 cm³/mol. The highest BCUT2D eigenvalue weighted by molar-refractivity contribution is 9.10. The van der Waals surface area contributed by atoms with Crippen molar-refractivity contribution in [1.82, 2.24) is 14.5 Å². The Balaban J connectivity index is 1.59. The summed E-state index contributed by atoms with van der Waals surface area (Å²) < 4.78 is 3.07. The number of carbonyl (C=O) groups is 1. The van der Waals surface area contributed by atoms with Gasteiger partial charge in [-0.05, 0) is 54.5 Å². The van der Waals surface area contributed by atoms with Crippen LogP contribution in [0.15, 0.2) is 59.5 Å². The molecule has 1 atom stereocenters. The molecule has 4 nitrogen and oxygen atoms in total. The molecule has 128 valence electrons. The van der Waals surface area contributed by atoms with Crippen molar-refractivity contribution in [2.24, 2.45) is 0 Å². The molecule has 4 rings (SSSR count). The van der Waals surface area contributed by atoms with Crippen LogP contribution < -0.4 is 0 Å². The van der Waals surface area contributed by atoms with Crippen molar-refractivity contribution in [3.05, 3.63) is 65.0 Å². The summed E-state index contributed by atoms with van der Waals surface area (Å²) in [5.74, 6) is 0.172. The highest BCUT2D eigenvalue weighted by Gasteiger charge is 2.28. The average molecular weight is 398 g/mol. The van der Waals surface area contributed by atoms with Crippen LogP contribution in [0.4, 0.5) is 0 Å². The molecule has 1 fully saturated rings. The third-order valence-corrected chi connectivity index (χ3v) is 5.43. The van der Waals surface area contributed by atoms with E-state index < -0.39 is 0 Å². The molecule has 3 aromatic rings. The summed E-state index contributed by atoms with van der Waals surface area (Å²) >= 11 is 3.52. The minimum atomic E-state index is 0.142. The maximum Gasteiger partial charge on any atom is 0.243 e. The molecule has 1 amide bonds. The van der Waals surface area contributed by atoms with Crippen LogP contribution in [0.5, 0.6) is 0 Å². The Morgan fingerprint density at radius 3 is 3.00 bits per heavy atom. The van der Waals surface area contributed by atoms with E-state index in [1.807, 2.05) is 34.0 Å². The molecule has 1 aliphatic heterocycles. The fourth-order valence-electron chi connectivity index (χ4n) is 3.68. The summed E-state index contributed by atoms with van der Waals surface area (Å²) in [6.45, 7) is 1.19. The van der Waals surface area contributed by atoms with Crippen LogP contribution in [0.25, 0.3) is 10.9 Å². The van der Waals surface area contributed by atoms with Crippen molar-refractivity contribution < 1.29 is 4.79 Å². The van der Waals surface area contributed by atoms with Crippen molar-refractivity contribution in [2.45, 2.75) is 31.8 Å². The lowest BCUT2D eigenvalue weighted by atomic mass is 9.96. The summed E-state index contributed by atoms with van der Waals surface area (Å²) in [6.07, 6.45) is 8.90. The van der Waals surface area contributed by atoms with E-state index >= 15 is 0 Å². The topological polar surface area (TPSA) is 38.1 Å². The number of carbonyl (C=O) groups excluding carboxylic acids is 1. The maximum atomic E-state index is 13.1. The fourth-order valence-corrected chi connectivity index (χ4v) is 4.03. The summed E-state index contributed by atoms with van der Waals surface area (Å²) in [6, 6.07) is 12.4. The molecule has 2 aromatic heterocycles. The summed E-state index contributed by atoms with van der Waals surface area (Å²) in [4.78, 5) is 19.3. The Morgan fingerprint density at radius 2 is 2.16 bits per heavy atom. The second kappa shape index (κ2) is 7.00. The highest BCUT2D eigenvalue weighted by Crippen LogP contribution is 2.31. The van der Waals surface area contributed by atoms with E-state index in [0.717, 1.165) is 46.7 Å². The minimum absolute atomic E-state index is 0.142. The zero-order chi connectivity index (χ0) is 17.2. The van der Waals surface area contributed by atoms with Crippen LogP contribution in [0.3, 0.4) is 0 Å². The monoisotopic (exact) mass is 397 g/mol. The number of aromatic nitrogens is 2. The van der Waals surface area contributed by atoms with Gasteiger partial charge in [0.05, 0.1) is 6.04 Å². The van der Waals surface area contributed by atoms with E-state index in [-0.39, 0.29) is 11.9 Å². The van der Waals surface area contributed by atoms with E-state index in [0.29, 0.717) is 6.54 Å². The largest absolute Gasteiger partial charge is 0.338 e. The molecule has 0 saturated carbocycles. The molecule has 5 heteroatoms. The Morgan fingerprint density at radius 1 is 1.24 bits per heavy atom. The normalized spacial score (nSPS) is 17.8. The van der Waals surface area contributed by atoms with Crippen molar-refractivity contribution >= 4 is 32.7 Å². The van der Waals surface area contributed by atoms with Gasteiger partial charge in [-0.25, -0.2) is 0 Å². The first-order valence-electron chi connectivity index (χ1n) is 8.66. The standard InChI is InChI=1S/C20H20BrN3O/c21-17-7-6-15-8-11-23(19(15)12-17)14-20(25)24-10-2-1-5-18(24)16-4-3-9-22-13-16/h3-4,6-9,11-13,18H,1-2,5,10,14H2. The molecule has 0 spiro atoms. The highest BCUT2D eigenvalue weighted by atomic mass is 79.9. The van der Waals surface area contributed by atoms with Gasteiger partial charge in [0.15, 0.2) is 0 Å². The first-order chi connectivity index (χ1) is 12.2. The molecule has 0 bridgehead atoms. The predicted octanol–water partition coefficient (Wildman–Crippen LogP) is 4.55. The van der Waals surface area contributed by atoms with Gasteiger partial charge in [0.25, 0.3) is 0 Å². The van der Waals surface area contributed by atoms with Gasteiger partial charge in [0, 0.05) is 35.1 Å². The lowest BCUT2D eigenvalue weighted by Crippen LogP contribution is -2.40. The van der Waals surface area contributed by atoms with E-state index in [1.165, 1.54) is 0 Å². The summed E-state index contributed by atoms with van der Waals surface area (Å²) in [5.41, 5.74) is 2.22. The number of hydrogen-bond acceptors (Lipinski definition) is 2. The number of amides is 1. The van der Waals surface area contributed by atoms with Gasteiger partial charge in [0.2, 0.25) is 5.91 Å². The molecule has 0 radical (unpaired) electrons. The maximum absolute atomic E-state index is 13.1. The van der Waals surface area contributed by atoms with Gasteiger partial charge < -0.3 is 9.47 Å². The Labute approximate surface area is 155 Å². The molecule has 0 aliphatic carbocycles. The number of rotatable bonds is 3. The third-order valence-electron chi connectivity index (χ3n) is 4.93. The lowest BCUT2D eigenvalue weighted by molar-refractivity contribution is -0.135. The first kappa shape index (κ1) is 16.3. The molecule has 1 aliphatic rings. The zero-order valence-corrected chi connectivity index (χ0v) is 15.5. The Bertz CT molecular complexity index is 890. The quantitative estimate of drug-likeness (QED) is 0.649. The molecule has 1 unspecified atom stereocenters. The number of hydrogen-bond donors (Lipinski definition) is 0. The van der Waals surface area contributed by atoms with E-state index in [2.05, 4.69) is 45.2 Å². The second-order valence-corrected chi connectivity index (χ2v) is 7.45. The van der Waals surface area contributed by atoms with Gasteiger partial charge in [-0.1, -0.05) is 28.1 Å². The number of piperidine rings is 1. The van der Waals surface area contributed by atoms with E-state index in [9.17, 15) is 4.79 Å². The Kier molecular flexibility index (Phi) is 4.57. The van der Waals surface area contributed by atoms with Crippen molar-refractivity contribution in [3.63, 3.8) is 0 Å². The first-order valence-corrected chi connectivity index (χ1v) is 9.45. The van der Waals surface area contributed by atoms with Crippen LogP contribution >= 0.6 is 15.9 Å². The van der Waals surface area contributed by atoms with Crippen molar-refractivity contribution in [1.29, 1.82) is 0 Å². The van der Waals surface area contributed by atoms with Gasteiger partial charge in [-0.3, -0.25) is 9.78 Å². The molecular formula is C20H20BrN3O. The average Bonchev–Trinajstić information content (AvgIpc) is 3.04. The van der Waals surface area contributed by atoms with Crippen LogP contribution in [0.2, 0.25) is 0 Å². The summed E-state index contributed by atoms with van der Waals surface area (Å²) in [5, 5.41) is 1.15. The number of fused-ring (bicyclic) bond motifs is 1. The Hall–Kier alpha value is -2.14. The second-order valence-electron chi connectivity index (χ2n) is 6.53. The fraction of sp³-hybridized carbons (Fsp3) is 0.300.